The highest BCUT2D eigenvalue weighted by Gasteiger charge is 2.49. The van der Waals surface area contributed by atoms with Gasteiger partial charge in [0.1, 0.15) is 5.41 Å². The molecule has 0 atom stereocenters. The summed E-state index contributed by atoms with van der Waals surface area (Å²) in [5.41, 5.74) is 5.09. The van der Waals surface area contributed by atoms with Crippen molar-refractivity contribution >= 4 is 11.7 Å². The second-order valence-corrected chi connectivity index (χ2v) is 5.50. The molecule has 0 aromatic heterocycles. The van der Waals surface area contributed by atoms with E-state index in [4.69, 9.17) is 10.9 Å². The zero-order valence-corrected chi connectivity index (χ0v) is 11.1. The lowest BCUT2D eigenvalue weighted by Crippen LogP contribution is -2.51. The third kappa shape index (κ3) is 2.18. The Labute approximate surface area is 108 Å². The molecule has 18 heavy (non-hydrogen) atoms. The van der Waals surface area contributed by atoms with Crippen molar-refractivity contribution in [2.45, 2.75) is 57.9 Å². The molecule has 0 aliphatic heterocycles. The molecule has 1 amide bonds. The van der Waals surface area contributed by atoms with Gasteiger partial charge in [0.05, 0.1) is 0 Å². The lowest BCUT2D eigenvalue weighted by Gasteiger charge is -2.33. The van der Waals surface area contributed by atoms with Gasteiger partial charge in [-0.05, 0) is 32.1 Å². The minimum Gasteiger partial charge on any atom is -0.409 e. The highest BCUT2D eigenvalue weighted by Crippen LogP contribution is 2.42. The largest absolute Gasteiger partial charge is 0.409 e. The van der Waals surface area contributed by atoms with Crippen LogP contribution in [-0.4, -0.2) is 34.4 Å². The Hall–Kier alpha value is -1.26. The summed E-state index contributed by atoms with van der Waals surface area (Å²) in [4.78, 5) is 14.8. The van der Waals surface area contributed by atoms with Gasteiger partial charge in [0.15, 0.2) is 5.84 Å². The normalized spacial score (nSPS) is 23.1. The van der Waals surface area contributed by atoms with Gasteiger partial charge in [0.2, 0.25) is 5.91 Å². The summed E-state index contributed by atoms with van der Waals surface area (Å²) in [5.74, 6) is 0.186. The number of oxime groups is 1. The molecule has 5 heteroatoms. The van der Waals surface area contributed by atoms with Crippen LogP contribution < -0.4 is 5.73 Å². The van der Waals surface area contributed by atoms with E-state index >= 15 is 0 Å². The summed E-state index contributed by atoms with van der Waals surface area (Å²) in [7, 11) is 0. The van der Waals surface area contributed by atoms with Gasteiger partial charge in [-0.25, -0.2) is 0 Å². The van der Waals surface area contributed by atoms with Crippen molar-refractivity contribution in [2.24, 2.45) is 16.3 Å². The fourth-order valence-electron chi connectivity index (χ4n) is 3.01. The Morgan fingerprint density at radius 2 is 2.06 bits per heavy atom. The zero-order chi connectivity index (χ0) is 13.2. The van der Waals surface area contributed by atoms with Crippen molar-refractivity contribution in [1.82, 2.24) is 4.90 Å². The van der Waals surface area contributed by atoms with Gasteiger partial charge in [0, 0.05) is 12.6 Å². The van der Waals surface area contributed by atoms with E-state index in [0.717, 1.165) is 38.6 Å². The predicted molar refractivity (Wildman–Crippen MR) is 69.3 cm³/mol. The minimum atomic E-state index is -0.730. The zero-order valence-electron chi connectivity index (χ0n) is 11.1. The SMILES string of the molecule is CCCN(C(=O)C1(C(N)=NO)CCCC1)C1CC1. The van der Waals surface area contributed by atoms with E-state index in [1.807, 2.05) is 4.90 Å². The summed E-state index contributed by atoms with van der Waals surface area (Å²) < 4.78 is 0. The van der Waals surface area contributed by atoms with Gasteiger partial charge in [-0.2, -0.15) is 0 Å². The summed E-state index contributed by atoms with van der Waals surface area (Å²) in [6.07, 6.45) is 6.53. The molecule has 0 saturated heterocycles. The lowest BCUT2D eigenvalue weighted by molar-refractivity contribution is -0.139. The molecule has 0 aromatic rings. The van der Waals surface area contributed by atoms with Gasteiger partial charge >= 0.3 is 0 Å². The van der Waals surface area contributed by atoms with Crippen molar-refractivity contribution in [3.8, 4) is 0 Å². The van der Waals surface area contributed by atoms with Crippen LogP contribution in [0.4, 0.5) is 0 Å². The number of hydrogen-bond donors (Lipinski definition) is 2. The smallest absolute Gasteiger partial charge is 0.236 e. The van der Waals surface area contributed by atoms with Crippen molar-refractivity contribution in [1.29, 1.82) is 0 Å². The van der Waals surface area contributed by atoms with E-state index in [-0.39, 0.29) is 11.7 Å². The first-order valence-electron chi connectivity index (χ1n) is 6.95. The third-order valence-electron chi connectivity index (χ3n) is 4.18. The Bertz CT molecular complexity index is 344. The summed E-state index contributed by atoms with van der Waals surface area (Å²) in [5, 5.41) is 12.1. The number of nitrogens with zero attached hydrogens (tertiary/aromatic N) is 2. The Kier molecular flexibility index (Phi) is 3.78. The van der Waals surface area contributed by atoms with E-state index in [1.165, 1.54) is 0 Å². The number of amidine groups is 1. The van der Waals surface area contributed by atoms with Crippen LogP contribution in [0.25, 0.3) is 0 Å². The quantitative estimate of drug-likeness (QED) is 0.339. The molecular weight excluding hydrogens is 230 g/mol. The average Bonchev–Trinajstić information content (AvgIpc) is 3.10. The molecule has 2 fully saturated rings. The number of nitrogens with two attached hydrogens (primary N) is 1. The van der Waals surface area contributed by atoms with E-state index in [9.17, 15) is 4.79 Å². The molecule has 0 bridgehead atoms. The maximum absolute atomic E-state index is 12.8. The van der Waals surface area contributed by atoms with Crippen molar-refractivity contribution in [3.63, 3.8) is 0 Å². The fraction of sp³-hybridized carbons (Fsp3) is 0.846. The third-order valence-corrected chi connectivity index (χ3v) is 4.18. The first kappa shape index (κ1) is 13.2. The van der Waals surface area contributed by atoms with Crippen molar-refractivity contribution < 1.29 is 10.0 Å². The Balaban J connectivity index is 2.21. The van der Waals surface area contributed by atoms with E-state index in [1.54, 1.807) is 0 Å². The van der Waals surface area contributed by atoms with Gasteiger partial charge in [0.25, 0.3) is 0 Å². The number of rotatable bonds is 5. The maximum atomic E-state index is 12.8. The molecule has 2 aliphatic rings. The second-order valence-electron chi connectivity index (χ2n) is 5.50. The summed E-state index contributed by atoms with van der Waals surface area (Å²) in [6.45, 7) is 2.86. The molecule has 5 nitrogen and oxygen atoms in total. The van der Waals surface area contributed by atoms with E-state index in [0.29, 0.717) is 18.9 Å². The molecule has 102 valence electrons. The lowest BCUT2D eigenvalue weighted by atomic mass is 9.83. The van der Waals surface area contributed by atoms with Crippen LogP contribution in [0.2, 0.25) is 0 Å². The standard InChI is InChI=1S/C13H23N3O2/c1-2-9-16(10-5-6-10)12(17)13(11(14)15-18)7-3-4-8-13/h10,18H,2-9H2,1H3,(H2,14,15). The maximum Gasteiger partial charge on any atom is 0.236 e. The highest BCUT2D eigenvalue weighted by molar-refractivity contribution is 6.07. The van der Waals surface area contributed by atoms with Crippen molar-refractivity contribution in [2.75, 3.05) is 6.54 Å². The minimum absolute atomic E-state index is 0.0830. The molecule has 0 radical (unpaired) electrons. The van der Waals surface area contributed by atoms with Crippen LogP contribution in [0.1, 0.15) is 51.9 Å². The Morgan fingerprint density at radius 1 is 1.44 bits per heavy atom. The number of carbonyl (C=O) groups excluding carboxylic acids is 1. The van der Waals surface area contributed by atoms with Gasteiger partial charge in [-0.1, -0.05) is 24.9 Å². The van der Waals surface area contributed by atoms with Crippen LogP contribution in [-0.2, 0) is 4.79 Å². The monoisotopic (exact) mass is 253 g/mol. The fourth-order valence-corrected chi connectivity index (χ4v) is 3.01. The summed E-state index contributed by atoms with van der Waals surface area (Å²) >= 11 is 0. The number of amides is 1. The molecule has 2 saturated carbocycles. The van der Waals surface area contributed by atoms with Crippen LogP contribution in [0, 0.1) is 5.41 Å². The van der Waals surface area contributed by atoms with Crippen LogP contribution >= 0.6 is 0 Å². The van der Waals surface area contributed by atoms with E-state index in [2.05, 4.69) is 12.1 Å². The van der Waals surface area contributed by atoms with Crippen LogP contribution in [0.3, 0.4) is 0 Å². The molecule has 0 aromatic carbocycles. The van der Waals surface area contributed by atoms with Gasteiger partial charge in [-0.15, -0.1) is 0 Å². The van der Waals surface area contributed by atoms with Crippen LogP contribution in [0.15, 0.2) is 5.16 Å². The number of hydrogen-bond acceptors (Lipinski definition) is 3. The van der Waals surface area contributed by atoms with Gasteiger partial charge in [-0.3, -0.25) is 4.79 Å². The molecule has 2 aliphatic carbocycles. The predicted octanol–water partition coefficient (Wildman–Crippen LogP) is 1.69. The Morgan fingerprint density at radius 3 is 2.50 bits per heavy atom. The van der Waals surface area contributed by atoms with Gasteiger partial charge < -0.3 is 15.8 Å². The molecule has 0 spiro atoms. The molecule has 3 N–H and O–H groups in total. The van der Waals surface area contributed by atoms with Crippen LogP contribution in [0.5, 0.6) is 0 Å². The first-order chi connectivity index (χ1) is 8.65. The molecule has 0 heterocycles. The summed E-state index contributed by atoms with van der Waals surface area (Å²) in [6, 6.07) is 0.390. The molecule has 2 rings (SSSR count). The molecule has 0 unspecified atom stereocenters. The first-order valence-corrected chi connectivity index (χ1v) is 6.95. The highest BCUT2D eigenvalue weighted by atomic mass is 16.4. The molecular formula is C13H23N3O2. The topological polar surface area (TPSA) is 78.9 Å². The number of carbonyl (C=O) groups is 1. The van der Waals surface area contributed by atoms with Crippen molar-refractivity contribution in [3.05, 3.63) is 0 Å². The second kappa shape index (κ2) is 5.16. The average molecular weight is 253 g/mol. The van der Waals surface area contributed by atoms with E-state index < -0.39 is 5.41 Å².